The summed E-state index contributed by atoms with van der Waals surface area (Å²) in [6, 6.07) is 43.4. The molecule has 7 heteroatoms. The number of para-hydroxylation sites is 3. The van der Waals surface area contributed by atoms with Gasteiger partial charge < -0.3 is 0 Å². The van der Waals surface area contributed by atoms with Crippen molar-refractivity contribution in [1.29, 1.82) is 0 Å². The summed E-state index contributed by atoms with van der Waals surface area (Å²) in [5, 5.41) is 6.71. The summed E-state index contributed by atoms with van der Waals surface area (Å²) in [5.74, 6) is 0.249. The Hall–Kier alpha value is -5.79. The van der Waals surface area contributed by atoms with Gasteiger partial charge in [-0.15, -0.1) is 11.3 Å². The van der Waals surface area contributed by atoms with Gasteiger partial charge in [0.2, 0.25) is 5.95 Å². The van der Waals surface area contributed by atoms with Crippen molar-refractivity contribution in [2.45, 2.75) is 0 Å². The van der Waals surface area contributed by atoms with E-state index in [4.69, 9.17) is 4.98 Å². The molecular weight excluding hydrogens is 565 g/mol. The summed E-state index contributed by atoms with van der Waals surface area (Å²) in [5.41, 5.74) is 1.75. The molecule has 6 aromatic carbocycles. The highest BCUT2D eigenvalue weighted by molar-refractivity contribution is 7.27. The van der Waals surface area contributed by atoms with E-state index in [-0.39, 0.29) is 5.95 Å². The lowest BCUT2D eigenvalue weighted by molar-refractivity contribution is 0.718. The summed E-state index contributed by atoms with van der Waals surface area (Å²) >= 11 is 1.72. The van der Waals surface area contributed by atoms with Gasteiger partial charge in [-0.25, -0.2) is 18.7 Å². The average molecular weight is 587 g/mol. The first kappa shape index (κ1) is 24.8. The molecule has 0 fully saturated rings. The zero-order valence-corrected chi connectivity index (χ0v) is 24.0. The molecule has 3 heterocycles. The minimum Gasteiger partial charge on any atom is -0.277 e. The molecule has 0 bridgehead atoms. The molecule has 0 radical (unpaired) electrons. The Balaban J connectivity index is 1.55. The summed E-state index contributed by atoms with van der Waals surface area (Å²) in [6.45, 7) is 0. The van der Waals surface area contributed by atoms with Crippen LogP contribution < -0.4 is 11.4 Å². The molecule has 3 aromatic heterocycles. The Bertz CT molecular complexity index is 2700. The second kappa shape index (κ2) is 9.36. The van der Waals surface area contributed by atoms with Crippen LogP contribution in [0.15, 0.2) is 143 Å². The van der Waals surface area contributed by atoms with E-state index in [1.807, 2.05) is 59.2 Å². The summed E-state index contributed by atoms with van der Waals surface area (Å²) in [7, 11) is 0. The van der Waals surface area contributed by atoms with Crippen LogP contribution >= 0.6 is 11.3 Å². The quantitative estimate of drug-likeness (QED) is 0.211. The van der Waals surface area contributed by atoms with E-state index in [0.717, 1.165) is 41.8 Å². The molecule has 6 nitrogen and oxygen atoms in total. The molecule has 0 spiro atoms. The fourth-order valence-electron chi connectivity index (χ4n) is 6.54. The third-order valence-electron chi connectivity index (χ3n) is 8.35. The molecule has 44 heavy (non-hydrogen) atoms. The predicted molar refractivity (Wildman–Crippen MR) is 180 cm³/mol. The van der Waals surface area contributed by atoms with E-state index in [2.05, 4.69) is 54.6 Å². The standard InChI is InChI=1S/C37H22N4O2S/c42-36-38-35(39(23-13-3-1-4-14-23)37(43)40(36)24-15-5-2-6-16-24)41-29-21-11-9-19-27(29)31-25-17-7-8-18-26(25)32-28-20-10-12-22-30(28)44-34(32)33(31)41/h1-22H. The second-order valence-electron chi connectivity index (χ2n) is 10.7. The van der Waals surface area contributed by atoms with Crippen LogP contribution in [0.5, 0.6) is 0 Å². The van der Waals surface area contributed by atoms with E-state index in [1.54, 1.807) is 40.2 Å². The van der Waals surface area contributed by atoms with Gasteiger partial charge >= 0.3 is 11.4 Å². The molecule has 208 valence electrons. The maximum atomic E-state index is 14.5. The van der Waals surface area contributed by atoms with E-state index < -0.39 is 11.4 Å². The highest BCUT2D eigenvalue weighted by Gasteiger charge is 2.25. The summed E-state index contributed by atoms with van der Waals surface area (Å²) < 4.78 is 6.95. The Kier molecular flexibility index (Phi) is 5.27. The van der Waals surface area contributed by atoms with Crippen LogP contribution in [-0.4, -0.2) is 18.7 Å². The first-order valence-corrected chi connectivity index (χ1v) is 15.1. The first-order valence-electron chi connectivity index (χ1n) is 14.3. The molecule has 0 saturated heterocycles. The molecule has 0 unspecified atom stereocenters. The Morgan fingerprint density at radius 3 is 1.75 bits per heavy atom. The van der Waals surface area contributed by atoms with Gasteiger partial charge in [-0.1, -0.05) is 97.1 Å². The molecule has 0 aliphatic rings. The SMILES string of the molecule is O=c1nc(-n2c3ccccc3c3c4ccccc4c4c5ccccc5sc4c32)n(-c2ccccc2)c(=O)n1-c1ccccc1. The van der Waals surface area contributed by atoms with Crippen molar-refractivity contribution in [3.63, 3.8) is 0 Å². The monoisotopic (exact) mass is 586 g/mol. The van der Waals surface area contributed by atoms with E-state index in [9.17, 15) is 9.59 Å². The molecule has 0 saturated carbocycles. The topological polar surface area (TPSA) is 61.8 Å². The number of hydrogen-bond acceptors (Lipinski definition) is 4. The molecule has 0 aliphatic carbocycles. The molecule has 0 N–H and O–H groups in total. The van der Waals surface area contributed by atoms with Gasteiger partial charge in [-0.3, -0.25) is 4.57 Å². The van der Waals surface area contributed by atoms with Gasteiger partial charge in [0, 0.05) is 26.2 Å². The molecule has 0 aliphatic heterocycles. The number of nitrogens with zero attached hydrogens (tertiary/aromatic N) is 4. The minimum atomic E-state index is -0.636. The second-order valence-corrected chi connectivity index (χ2v) is 11.8. The van der Waals surface area contributed by atoms with Crippen LogP contribution in [0.1, 0.15) is 0 Å². The molecule has 0 atom stereocenters. The number of fused-ring (bicyclic) bond motifs is 10. The van der Waals surface area contributed by atoms with Crippen molar-refractivity contribution in [2.24, 2.45) is 0 Å². The van der Waals surface area contributed by atoms with Crippen molar-refractivity contribution in [3.8, 4) is 17.3 Å². The fraction of sp³-hybridized carbons (Fsp3) is 0. The highest BCUT2D eigenvalue weighted by atomic mass is 32.1. The molecule has 9 rings (SSSR count). The van der Waals surface area contributed by atoms with Crippen LogP contribution in [0.3, 0.4) is 0 Å². The predicted octanol–water partition coefficient (Wildman–Crippen LogP) is 8.00. The Labute approximate surface area is 253 Å². The smallest absolute Gasteiger partial charge is 0.277 e. The van der Waals surface area contributed by atoms with Crippen molar-refractivity contribution >= 4 is 64.1 Å². The van der Waals surface area contributed by atoms with E-state index in [0.29, 0.717) is 11.4 Å². The summed E-state index contributed by atoms with van der Waals surface area (Å²) in [4.78, 5) is 33.0. The van der Waals surface area contributed by atoms with Crippen LogP contribution in [0.25, 0.3) is 70.1 Å². The van der Waals surface area contributed by atoms with Crippen LogP contribution in [0.2, 0.25) is 0 Å². The Morgan fingerprint density at radius 2 is 1.05 bits per heavy atom. The normalized spacial score (nSPS) is 11.8. The number of rotatable bonds is 3. The van der Waals surface area contributed by atoms with Gasteiger partial charge in [0.05, 0.1) is 27.1 Å². The fourth-order valence-corrected chi connectivity index (χ4v) is 7.80. The van der Waals surface area contributed by atoms with Gasteiger partial charge in [-0.05, 0) is 47.2 Å². The van der Waals surface area contributed by atoms with Gasteiger partial charge in [0.15, 0.2) is 0 Å². The summed E-state index contributed by atoms with van der Waals surface area (Å²) in [6.07, 6.45) is 0. The average Bonchev–Trinajstić information content (AvgIpc) is 3.62. The van der Waals surface area contributed by atoms with Gasteiger partial charge in [-0.2, -0.15) is 4.98 Å². The molecule has 0 amide bonds. The Morgan fingerprint density at radius 1 is 0.500 bits per heavy atom. The lowest BCUT2D eigenvalue weighted by Crippen LogP contribution is -2.41. The van der Waals surface area contributed by atoms with Crippen LogP contribution in [0.4, 0.5) is 0 Å². The first-order chi connectivity index (χ1) is 21.7. The van der Waals surface area contributed by atoms with E-state index in [1.165, 1.54) is 15.5 Å². The third-order valence-corrected chi connectivity index (χ3v) is 9.53. The number of benzene rings is 6. The van der Waals surface area contributed by atoms with Crippen LogP contribution in [0, 0.1) is 0 Å². The number of thiophene rings is 1. The largest absolute Gasteiger partial charge is 0.359 e. The number of hydrogen-bond donors (Lipinski definition) is 0. The maximum absolute atomic E-state index is 14.5. The molecular formula is C37H22N4O2S. The lowest BCUT2D eigenvalue weighted by atomic mass is 9.99. The number of aromatic nitrogens is 4. The van der Waals surface area contributed by atoms with Gasteiger partial charge in [0.25, 0.3) is 0 Å². The highest BCUT2D eigenvalue weighted by Crippen LogP contribution is 2.47. The zero-order chi connectivity index (χ0) is 29.4. The lowest BCUT2D eigenvalue weighted by Gasteiger charge is -2.17. The van der Waals surface area contributed by atoms with Crippen molar-refractivity contribution in [1.82, 2.24) is 18.7 Å². The van der Waals surface area contributed by atoms with Gasteiger partial charge in [0.1, 0.15) is 0 Å². The minimum absolute atomic E-state index is 0.249. The zero-order valence-electron chi connectivity index (χ0n) is 23.2. The van der Waals surface area contributed by atoms with E-state index >= 15 is 0 Å². The van der Waals surface area contributed by atoms with Crippen LogP contribution in [-0.2, 0) is 0 Å². The van der Waals surface area contributed by atoms with Crippen molar-refractivity contribution < 1.29 is 0 Å². The third kappa shape index (κ3) is 3.38. The van der Waals surface area contributed by atoms with Crippen molar-refractivity contribution in [3.05, 3.63) is 154 Å². The molecule has 9 aromatic rings. The van der Waals surface area contributed by atoms with Crippen molar-refractivity contribution in [2.75, 3.05) is 0 Å². The maximum Gasteiger partial charge on any atom is 0.359 e.